The van der Waals surface area contributed by atoms with Crippen LogP contribution in [-0.2, 0) is 23.1 Å². The molecule has 154 valence electrons. The van der Waals surface area contributed by atoms with Crippen LogP contribution in [0.3, 0.4) is 0 Å². The van der Waals surface area contributed by atoms with Gasteiger partial charge in [-0.1, -0.05) is 18.9 Å². The van der Waals surface area contributed by atoms with Crippen molar-refractivity contribution >= 4 is 23.1 Å². The Labute approximate surface area is 176 Å². The number of fused-ring (bicyclic) bond motifs is 1. The summed E-state index contributed by atoms with van der Waals surface area (Å²) in [5, 5.41) is 5.53. The molecule has 1 saturated heterocycles. The number of carbonyl (C=O) groups is 1. The number of rotatable bonds is 4. The number of amides is 1. The third kappa shape index (κ3) is 3.56. The van der Waals surface area contributed by atoms with Gasteiger partial charge in [-0.25, -0.2) is 9.97 Å². The second kappa shape index (κ2) is 8.05. The van der Waals surface area contributed by atoms with Crippen LogP contribution in [0.15, 0.2) is 23.8 Å². The van der Waals surface area contributed by atoms with E-state index in [9.17, 15) is 4.79 Å². The maximum atomic E-state index is 13.3. The lowest BCUT2D eigenvalue weighted by Crippen LogP contribution is -2.50. The highest BCUT2D eigenvalue weighted by Crippen LogP contribution is 2.43. The molecule has 0 radical (unpaired) electrons. The van der Waals surface area contributed by atoms with Crippen molar-refractivity contribution < 1.29 is 4.79 Å². The maximum Gasteiger partial charge on any atom is 0.231 e. The van der Waals surface area contributed by atoms with Gasteiger partial charge in [0, 0.05) is 35.3 Å². The second-order valence-electron chi connectivity index (χ2n) is 8.83. The van der Waals surface area contributed by atoms with E-state index >= 15 is 0 Å². The number of hydrogen-bond donors (Lipinski definition) is 1. The molecule has 0 unspecified atom stereocenters. The van der Waals surface area contributed by atoms with E-state index in [1.165, 1.54) is 29.0 Å². The lowest BCUT2D eigenvalue weighted by Gasteiger charge is -2.36. The van der Waals surface area contributed by atoms with Crippen molar-refractivity contribution in [2.24, 2.45) is 0 Å². The van der Waals surface area contributed by atoms with Crippen molar-refractivity contribution in [3.63, 3.8) is 0 Å². The van der Waals surface area contributed by atoms with Crippen molar-refractivity contribution in [1.82, 2.24) is 15.3 Å². The van der Waals surface area contributed by atoms with Crippen LogP contribution >= 0.6 is 11.3 Å². The van der Waals surface area contributed by atoms with E-state index < -0.39 is 0 Å². The molecule has 3 heterocycles. The van der Waals surface area contributed by atoms with E-state index in [-0.39, 0.29) is 17.4 Å². The van der Waals surface area contributed by atoms with Gasteiger partial charge in [0.2, 0.25) is 5.91 Å². The van der Waals surface area contributed by atoms with E-state index in [1.54, 1.807) is 17.7 Å². The van der Waals surface area contributed by atoms with E-state index in [1.807, 2.05) is 0 Å². The minimum atomic E-state index is -0.281. The Hall–Kier alpha value is -1.95. The van der Waals surface area contributed by atoms with Gasteiger partial charge in [0.05, 0.1) is 5.41 Å². The minimum Gasteiger partial charge on any atom is -0.356 e. The highest BCUT2D eigenvalue weighted by molar-refractivity contribution is 7.10. The first-order valence-electron chi connectivity index (χ1n) is 11.2. The fraction of sp³-hybridized carbons (Fsp3) is 0.609. The maximum absolute atomic E-state index is 13.3. The highest BCUT2D eigenvalue weighted by Gasteiger charge is 2.44. The molecule has 1 saturated carbocycles. The quantitative estimate of drug-likeness (QED) is 0.827. The first kappa shape index (κ1) is 19.0. The summed E-state index contributed by atoms with van der Waals surface area (Å²) in [4.78, 5) is 26.2. The number of piperidine rings is 1. The van der Waals surface area contributed by atoms with Gasteiger partial charge < -0.3 is 10.2 Å². The Morgan fingerprint density at radius 3 is 2.66 bits per heavy atom. The van der Waals surface area contributed by atoms with Crippen LogP contribution in [0.1, 0.15) is 67.5 Å². The molecule has 2 aromatic heterocycles. The van der Waals surface area contributed by atoms with Crippen molar-refractivity contribution in [1.29, 1.82) is 0 Å². The molecule has 2 aliphatic carbocycles. The zero-order valence-corrected chi connectivity index (χ0v) is 17.8. The Morgan fingerprint density at radius 1 is 1.10 bits per heavy atom. The van der Waals surface area contributed by atoms with Crippen LogP contribution in [-0.4, -0.2) is 35.0 Å². The lowest BCUT2D eigenvalue weighted by atomic mass is 9.83. The molecule has 3 aliphatic rings. The fourth-order valence-corrected chi connectivity index (χ4v) is 6.43. The first-order chi connectivity index (χ1) is 14.3. The van der Waals surface area contributed by atoms with Crippen LogP contribution < -0.4 is 10.2 Å². The van der Waals surface area contributed by atoms with Crippen LogP contribution in [0.2, 0.25) is 0 Å². The number of aryl methyl sites for hydroxylation is 1. The molecule has 0 bridgehead atoms. The van der Waals surface area contributed by atoms with Crippen molar-refractivity contribution in [2.75, 3.05) is 18.0 Å². The third-order valence-electron chi connectivity index (χ3n) is 7.12. The van der Waals surface area contributed by atoms with E-state index in [0.29, 0.717) is 0 Å². The number of aromatic nitrogens is 2. The Kier molecular flexibility index (Phi) is 5.29. The molecule has 29 heavy (non-hydrogen) atoms. The largest absolute Gasteiger partial charge is 0.356 e. The van der Waals surface area contributed by atoms with Crippen LogP contribution in [0.25, 0.3) is 0 Å². The molecule has 1 N–H and O–H groups in total. The van der Waals surface area contributed by atoms with Gasteiger partial charge in [-0.05, 0) is 62.8 Å². The second-order valence-corrected chi connectivity index (χ2v) is 9.78. The Balaban J connectivity index is 1.24. The molecule has 1 aliphatic heterocycles. The molecule has 2 fully saturated rings. The summed E-state index contributed by atoms with van der Waals surface area (Å²) < 4.78 is 0. The summed E-state index contributed by atoms with van der Waals surface area (Å²) in [5.41, 5.74) is 2.33. The molecule has 0 atom stereocenters. The van der Waals surface area contributed by atoms with E-state index in [4.69, 9.17) is 0 Å². The van der Waals surface area contributed by atoms with Gasteiger partial charge in [0.1, 0.15) is 12.1 Å². The fourth-order valence-electron chi connectivity index (χ4n) is 5.45. The molecule has 5 rings (SSSR count). The number of hydrogen-bond acceptors (Lipinski definition) is 5. The van der Waals surface area contributed by atoms with Gasteiger partial charge in [0.25, 0.3) is 0 Å². The number of anilines is 1. The standard InChI is InChI=1S/C23H30N4OS/c28-22(23(11-3-4-12-23)20-8-5-15-29-20)26-17-9-13-27(14-10-17)21-18-6-1-2-7-19(18)24-16-25-21/h5,8,15-17H,1-4,6-7,9-14H2,(H,26,28). The monoisotopic (exact) mass is 410 g/mol. The number of nitrogens with one attached hydrogen (secondary N) is 1. The predicted molar refractivity (Wildman–Crippen MR) is 117 cm³/mol. The zero-order chi connectivity index (χ0) is 19.7. The summed E-state index contributed by atoms with van der Waals surface area (Å²) in [6.45, 7) is 1.92. The van der Waals surface area contributed by atoms with Gasteiger partial charge in [0.15, 0.2) is 0 Å². The Bertz CT molecular complexity index is 852. The van der Waals surface area contributed by atoms with Gasteiger partial charge in [-0.15, -0.1) is 11.3 Å². The average molecular weight is 411 g/mol. The Morgan fingerprint density at radius 2 is 1.90 bits per heavy atom. The lowest BCUT2D eigenvalue weighted by molar-refractivity contribution is -0.127. The normalized spacial score (nSPS) is 21.7. The molecule has 2 aromatic rings. The predicted octanol–water partition coefficient (Wildman–Crippen LogP) is 4.01. The minimum absolute atomic E-state index is 0.260. The van der Waals surface area contributed by atoms with Crippen molar-refractivity contribution in [2.45, 2.75) is 75.7 Å². The third-order valence-corrected chi connectivity index (χ3v) is 8.19. The summed E-state index contributed by atoms with van der Waals surface area (Å²) in [6, 6.07) is 4.50. The smallest absolute Gasteiger partial charge is 0.231 e. The number of carbonyl (C=O) groups excluding carboxylic acids is 1. The van der Waals surface area contributed by atoms with Crippen molar-refractivity contribution in [3.05, 3.63) is 40.0 Å². The molecule has 0 aromatic carbocycles. The summed E-state index contributed by atoms with van der Waals surface area (Å²) in [7, 11) is 0. The summed E-state index contributed by atoms with van der Waals surface area (Å²) >= 11 is 1.74. The van der Waals surface area contributed by atoms with E-state index in [2.05, 4.69) is 37.7 Å². The zero-order valence-electron chi connectivity index (χ0n) is 17.0. The average Bonchev–Trinajstić information content (AvgIpc) is 3.47. The summed E-state index contributed by atoms with van der Waals surface area (Å²) in [5.74, 6) is 1.40. The van der Waals surface area contributed by atoms with Gasteiger partial charge >= 0.3 is 0 Å². The van der Waals surface area contributed by atoms with Gasteiger partial charge in [-0.2, -0.15) is 0 Å². The summed E-state index contributed by atoms with van der Waals surface area (Å²) in [6.07, 6.45) is 12.7. The molecule has 5 nitrogen and oxygen atoms in total. The highest BCUT2D eigenvalue weighted by atomic mass is 32.1. The van der Waals surface area contributed by atoms with Crippen LogP contribution in [0.4, 0.5) is 5.82 Å². The molecular formula is C23H30N4OS. The van der Waals surface area contributed by atoms with Crippen LogP contribution in [0.5, 0.6) is 0 Å². The molecular weight excluding hydrogens is 380 g/mol. The molecule has 6 heteroatoms. The first-order valence-corrected chi connectivity index (χ1v) is 12.1. The number of thiophene rings is 1. The van der Waals surface area contributed by atoms with Crippen molar-refractivity contribution in [3.8, 4) is 0 Å². The van der Waals surface area contributed by atoms with E-state index in [0.717, 1.165) is 70.3 Å². The molecule has 1 amide bonds. The topological polar surface area (TPSA) is 58.1 Å². The SMILES string of the molecule is O=C(NC1CCN(c2ncnc3c2CCCC3)CC1)C1(c2cccs2)CCCC1. The number of nitrogens with zero attached hydrogens (tertiary/aromatic N) is 3. The van der Waals surface area contributed by atoms with Gasteiger partial charge in [-0.3, -0.25) is 4.79 Å². The molecule has 0 spiro atoms. The van der Waals surface area contributed by atoms with Crippen LogP contribution in [0, 0.1) is 0 Å².